The topological polar surface area (TPSA) is 81.3 Å². The summed E-state index contributed by atoms with van der Waals surface area (Å²) in [6.45, 7) is 7.85. The molecule has 0 aromatic carbocycles. The van der Waals surface area contributed by atoms with E-state index in [1.165, 1.54) is 0 Å². The molecule has 1 saturated heterocycles. The largest absolute Gasteiger partial charge is 0.377 e. The lowest BCUT2D eigenvalue weighted by Crippen LogP contribution is -2.44. The molecule has 1 fully saturated rings. The van der Waals surface area contributed by atoms with Crippen LogP contribution < -0.4 is 4.90 Å². The van der Waals surface area contributed by atoms with Crippen LogP contribution in [0, 0.1) is 0 Å². The molecule has 0 amide bonds. The molecule has 24 heavy (non-hydrogen) atoms. The summed E-state index contributed by atoms with van der Waals surface area (Å²) in [5.74, 6) is 1.86. The highest BCUT2D eigenvalue weighted by Gasteiger charge is 2.22. The third kappa shape index (κ3) is 2.50. The molecule has 0 saturated carbocycles. The molecule has 3 aromatic rings. The third-order valence-electron chi connectivity index (χ3n) is 4.08. The summed E-state index contributed by atoms with van der Waals surface area (Å²) in [7, 11) is 0. The van der Waals surface area contributed by atoms with E-state index in [0.29, 0.717) is 25.0 Å². The highest BCUT2D eigenvalue weighted by molar-refractivity contribution is 5.75. The van der Waals surface area contributed by atoms with Crippen molar-refractivity contribution in [3.8, 4) is 5.95 Å². The molecular formula is C16H17N7O. The van der Waals surface area contributed by atoms with Crippen molar-refractivity contribution in [1.82, 2.24) is 24.5 Å². The average molecular weight is 323 g/mol. The van der Waals surface area contributed by atoms with Gasteiger partial charge in [-0.1, -0.05) is 0 Å². The minimum absolute atomic E-state index is 0.239. The molecule has 0 aliphatic carbocycles. The summed E-state index contributed by atoms with van der Waals surface area (Å²) >= 11 is 0. The van der Waals surface area contributed by atoms with Crippen LogP contribution in [0.2, 0.25) is 0 Å². The van der Waals surface area contributed by atoms with Gasteiger partial charge in [0.15, 0.2) is 5.82 Å². The van der Waals surface area contributed by atoms with E-state index >= 15 is 0 Å². The summed E-state index contributed by atoms with van der Waals surface area (Å²) in [5, 5.41) is 0. The van der Waals surface area contributed by atoms with Crippen molar-refractivity contribution < 1.29 is 4.74 Å². The zero-order valence-corrected chi connectivity index (χ0v) is 13.3. The molecule has 4 heterocycles. The predicted molar refractivity (Wildman–Crippen MR) is 91.3 cm³/mol. The quantitative estimate of drug-likeness (QED) is 0.683. The van der Waals surface area contributed by atoms with Gasteiger partial charge in [-0.2, -0.15) is 9.97 Å². The van der Waals surface area contributed by atoms with Crippen LogP contribution in [0.1, 0.15) is 6.92 Å². The number of aromatic nitrogens is 5. The van der Waals surface area contributed by atoms with Gasteiger partial charge in [-0.3, -0.25) is 9.55 Å². The third-order valence-corrected chi connectivity index (χ3v) is 4.08. The lowest BCUT2D eigenvalue weighted by atomic mass is 10.2. The fourth-order valence-electron chi connectivity index (χ4n) is 2.84. The Morgan fingerprint density at radius 2 is 2.29 bits per heavy atom. The molecule has 0 spiro atoms. The Labute approximate surface area is 138 Å². The van der Waals surface area contributed by atoms with Crippen molar-refractivity contribution in [2.75, 3.05) is 24.7 Å². The minimum atomic E-state index is 0.239. The molecule has 1 atom stereocenters. The van der Waals surface area contributed by atoms with Crippen LogP contribution in [0.15, 0.2) is 35.8 Å². The highest BCUT2D eigenvalue weighted by Crippen LogP contribution is 2.24. The highest BCUT2D eigenvalue weighted by atomic mass is 16.5. The summed E-state index contributed by atoms with van der Waals surface area (Å²) < 4.78 is 7.34. The molecule has 1 aliphatic rings. The number of rotatable bonds is 3. The summed E-state index contributed by atoms with van der Waals surface area (Å²) in [5.41, 5.74) is 1.69. The molecule has 1 aliphatic heterocycles. The number of hydrogen-bond donors (Lipinski definition) is 0. The monoisotopic (exact) mass is 323 g/mol. The molecule has 8 nitrogen and oxygen atoms in total. The second-order valence-corrected chi connectivity index (χ2v) is 5.64. The van der Waals surface area contributed by atoms with Crippen molar-refractivity contribution in [2.45, 2.75) is 13.0 Å². The van der Waals surface area contributed by atoms with E-state index in [0.717, 1.165) is 23.4 Å². The molecule has 0 radical (unpaired) electrons. The maximum atomic E-state index is 5.51. The molecule has 0 bridgehead atoms. The van der Waals surface area contributed by atoms with Crippen LogP contribution in [0.25, 0.3) is 17.0 Å². The van der Waals surface area contributed by atoms with E-state index in [-0.39, 0.29) is 6.04 Å². The van der Waals surface area contributed by atoms with Crippen molar-refractivity contribution in [1.29, 1.82) is 0 Å². The van der Waals surface area contributed by atoms with Gasteiger partial charge >= 0.3 is 0 Å². The van der Waals surface area contributed by atoms with Crippen molar-refractivity contribution >= 4 is 29.4 Å². The Morgan fingerprint density at radius 3 is 3.12 bits per heavy atom. The van der Waals surface area contributed by atoms with Crippen LogP contribution in [0.3, 0.4) is 0 Å². The second kappa shape index (κ2) is 5.97. The van der Waals surface area contributed by atoms with Gasteiger partial charge in [0.1, 0.15) is 17.7 Å². The molecule has 0 unspecified atom stereocenters. The molecular weight excluding hydrogens is 306 g/mol. The maximum absolute atomic E-state index is 5.51. The Bertz CT molecular complexity index is 891. The minimum Gasteiger partial charge on any atom is -0.377 e. The number of aliphatic imine (C=N–C) groups is 1. The lowest BCUT2D eigenvalue weighted by molar-refractivity contribution is 0.0985. The van der Waals surface area contributed by atoms with Gasteiger partial charge in [0.05, 0.1) is 31.0 Å². The first-order chi connectivity index (χ1) is 11.8. The molecule has 3 aromatic heterocycles. The zero-order chi connectivity index (χ0) is 16.5. The lowest BCUT2D eigenvalue weighted by Gasteiger charge is -2.34. The van der Waals surface area contributed by atoms with E-state index in [9.17, 15) is 0 Å². The van der Waals surface area contributed by atoms with Gasteiger partial charge in [-0.25, -0.2) is 9.98 Å². The molecule has 122 valence electrons. The van der Waals surface area contributed by atoms with Gasteiger partial charge in [-0.05, 0) is 19.7 Å². The summed E-state index contributed by atoms with van der Waals surface area (Å²) in [6, 6.07) is 3.97. The Kier molecular flexibility index (Phi) is 3.66. The number of nitrogens with zero attached hydrogens (tertiary/aromatic N) is 7. The fourth-order valence-corrected chi connectivity index (χ4v) is 2.84. The number of pyridine rings is 1. The summed E-state index contributed by atoms with van der Waals surface area (Å²) in [4.78, 5) is 23.8. The number of fused-ring (bicyclic) bond motifs is 1. The number of anilines is 1. The molecule has 8 heteroatoms. The maximum Gasteiger partial charge on any atom is 0.239 e. The van der Waals surface area contributed by atoms with E-state index in [1.54, 1.807) is 18.7 Å². The molecule has 4 rings (SSSR count). The van der Waals surface area contributed by atoms with E-state index < -0.39 is 0 Å². The van der Waals surface area contributed by atoms with Gasteiger partial charge in [-0.15, -0.1) is 0 Å². The van der Waals surface area contributed by atoms with Crippen molar-refractivity contribution in [3.05, 3.63) is 30.9 Å². The number of hydrogen-bond acceptors (Lipinski definition) is 7. The second-order valence-electron chi connectivity index (χ2n) is 5.64. The Hall–Kier alpha value is -2.87. The van der Waals surface area contributed by atoms with E-state index in [1.807, 2.05) is 16.7 Å². The SMILES string of the molecule is C=Nc1cc(N2CCOC[C@H]2C)nc(-n2cnc3cnccc32)n1. The van der Waals surface area contributed by atoms with E-state index in [4.69, 9.17) is 9.72 Å². The number of imidazole rings is 1. The Balaban J connectivity index is 1.83. The van der Waals surface area contributed by atoms with Gasteiger partial charge in [0.2, 0.25) is 5.95 Å². The number of morpholine rings is 1. The first-order valence-electron chi connectivity index (χ1n) is 7.74. The van der Waals surface area contributed by atoms with Crippen molar-refractivity contribution in [2.24, 2.45) is 4.99 Å². The van der Waals surface area contributed by atoms with Gasteiger partial charge in [0, 0.05) is 18.8 Å². The van der Waals surface area contributed by atoms with Crippen LogP contribution in [0.4, 0.5) is 11.6 Å². The zero-order valence-electron chi connectivity index (χ0n) is 13.3. The van der Waals surface area contributed by atoms with E-state index in [2.05, 4.69) is 38.5 Å². The first-order valence-corrected chi connectivity index (χ1v) is 7.74. The van der Waals surface area contributed by atoms with Crippen molar-refractivity contribution in [3.63, 3.8) is 0 Å². The van der Waals surface area contributed by atoms with Crippen LogP contribution in [0.5, 0.6) is 0 Å². The van der Waals surface area contributed by atoms with Crippen LogP contribution >= 0.6 is 0 Å². The Morgan fingerprint density at radius 1 is 1.38 bits per heavy atom. The summed E-state index contributed by atoms with van der Waals surface area (Å²) in [6.07, 6.45) is 5.13. The van der Waals surface area contributed by atoms with Gasteiger partial charge < -0.3 is 9.64 Å². The average Bonchev–Trinajstić information content (AvgIpc) is 3.06. The van der Waals surface area contributed by atoms with Crippen LogP contribution in [-0.2, 0) is 4.74 Å². The normalized spacial score (nSPS) is 18.0. The first kappa shape index (κ1) is 14.7. The standard InChI is InChI=1S/C16H17N7O/c1-11-9-24-6-5-22(11)15-7-14(17-2)20-16(21-15)23-10-19-12-8-18-4-3-13(12)23/h3-4,7-8,10-11H,2,5-6,9H2,1H3/t11-/m1/s1. The van der Waals surface area contributed by atoms with Gasteiger partial charge in [0.25, 0.3) is 0 Å². The smallest absolute Gasteiger partial charge is 0.239 e. The fraction of sp³-hybridized carbons (Fsp3) is 0.312. The predicted octanol–water partition coefficient (Wildman–Crippen LogP) is 1.77. The number of ether oxygens (including phenoxy) is 1. The van der Waals surface area contributed by atoms with Crippen LogP contribution in [-0.4, -0.2) is 57.0 Å². The molecule has 0 N–H and O–H groups in total.